The van der Waals surface area contributed by atoms with E-state index in [2.05, 4.69) is 11.4 Å². The van der Waals surface area contributed by atoms with Crippen molar-refractivity contribution >= 4 is 23.1 Å². The normalized spacial score (nSPS) is 12.0. The highest BCUT2D eigenvalue weighted by molar-refractivity contribution is 7.98. The van der Waals surface area contributed by atoms with Crippen molar-refractivity contribution in [3.63, 3.8) is 0 Å². The van der Waals surface area contributed by atoms with E-state index in [1.165, 1.54) is 0 Å². The summed E-state index contributed by atoms with van der Waals surface area (Å²) in [6.07, 6.45) is 2.03. The quantitative estimate of drug-likeness (QED) is 0.490. The lowest BCUT2D eigenvalue weighted by Crippen LogP contribution is -2.08. The number of hydrogen-bond acceptors (Lipinski definition) is 4. The predicted molar refractivity (Wildman–Crippen MR) is 88.1 cm³/mol. The van der Waals surface area contributed by atoms with Crippen LogP contribution in [0.4, 0.5) is 11.4 Å². The Bertz CT molecular complexity index is 658. The molecule has 110 valence electrons. The topological polar surface area (TPSA) is 55.2 Å². The Morgan fingerprint density at radius 2 is 1.95 bits per heavy atom. The molecular formula is C16H18N2O2S. The van der Waals surface area contributed by atoms with E-state index in [4.69, 9.17) is 0 Å². The van der Waals surface area contributed by atoms with Gasteiger partial charge in [0.05, 0.1) is 4.92 Å². The third kappa shape index (κ3) is 3.55. The van der Waals surface area contributed by atoms with E-state index in [1.807, 2.05) is 37.4 Å². The first-order chi connectivity index (χ1) is 10.0. The van der Waals surface area contributed by atoms with Crippen LogP contribution in [0.15, 0.2) is 47.4 Å². The van der Waals surface area contributed by atoms with Crippen LogP contribution in [-0.2, 0) is 0 Å². The number of nitrogens with zero attached hydrogens (tertiary/aromatic N) is 1. The summed E-state index contributed by atoms with van der Waals surface area (Å²) in [4.78, 5) is 11.9. The first-order valence-electron chi connectivity index (χ1n) is 6.67. The predicted octanol–water partition coefficient (Wildman–Crippen LogP) is 4.80. The lowest BCUT2D eigenvalue weighted by atomic mass is 10.0. The Hall–Kier alpha value is -2.01. The van der Waals surface area contributed by atoms with Gasteiger partial charge >= 0.3 is 0 Å². The van der Waals surface area contributed by atoms with E-state index < -0.39 is 0 Å². The van der Waals surface area contributed by atoms with Gasteiger partial charge in [-0.25, -0.2) is 0 Å². The highest BCUT2D eigenvalue weighted by atomic mass is 32.2. The standard InChI is InChI=1S/C16H18N2O2S/c1-11-8-9-13(10-15(11)18(19)20)12(2)17-14-6-4-5-7-16(14)21-3/h4-10,12,17H,1-3H3. The largest absolute Gasteiger partial charge is 0.378 e. The molecule has 1 unspecified atom stereocenters. The fourth-order valence-electron chi connectivity index (χ4n) is 2.17. The molecule has 0 bridgehead atoms. The van der Waals surface area contributed by atoms with E-state index in [0.717, 1.165) is 16.1 Å². The van der Waals surface area contributed by atoms with Crippen LogP contribution in [0.5, 0.6) is 0 Å². The van der Waals surface area contributed by atoms with Crippen LogP contribution >= 0.6 is 11.8 Å². The highest BCUT2D eigenvalue weighted by Crippen LogP contribution is 2.30. The maximum absolute atomic E-state index is 11.0. The van der Waals surface area contributed by atoms with Crippen LogP contribution in [0.2, 0.25) is 0 Å². The van der Waals surface area contributed by atoms with Crippen molar-refractivity contribution < 1.29 is 4.92 Å². The van der Waals surface area contributed by atoms with E-state index in [9.17, 15) is 10.1 Å². The third-order valence-corrected chi connectivity index (χ3v) is 4.20. The molecule has 0 aliphatic heterocycles. The molecule has 0 spiro atoms. The zero-order valence-electron chi connectivity index (χ0n) is 12.3. The van der Waals surface area contributed by atoms with Gasteiger partial charge in [0, 0.05) is 28.3 Å². The van der Waals surface area contributed by atoms with Crippen LogP contribution in [0, 0.1) is 17.0 Å². The number of para-hydroxylation sites is 1. The minimum absolute atomic E-state index is 0.00222. The Balaban J connectivity index is 2.26. The molecule has 0 saturated carbocycles. The summed E-state index contributed by atoms with van der Waals surface area (Å²) in [5.41, 5.74) is 2.80. The molecule has 4 nitrogen and oxygen atoms in total. The highest BCUT2D eigenvalue weighted by Gasteiger charge is 2.15. The molecule has 0 amide bonds. The molecule has 0 aliphatic rings. The molecule has 0 aromatic heterocycles. The molecule has 1 atom stereocenters. The van der Waals surface area contributed by atoms with Crippen molar-refractivity contribution in [1.82, 2.24) is 0 Å². The Morgan fingerprint density at radius 3 is 2.62 bits per heavy atom. The molecule has 0 fully saturated rings. The molecular weight excluding hydrogens is 284 g/mol. The smallest absolute Gasteiger partial charge is 0.272 e. The molecule has 0 heterocycles. The number of nitro groups is 1. The van der Waals surface area contributed by atoms with Crippen molar-refractivity contribution in [2.45, 2.75) is 24.8 Å². The summed E-state index contributed by atoms with van der Waals surface area (Å²) in [6.45, 7) is 3.76. The van der Waals surface area contributed by atoms with Gasteiger partial charge in [-0.3, -0.25) is 10.1 Å². The number of nitro benzene ring substituents is 1. The van der Waals surface area contributed by atoms with Gasteiger partial charge in [-0.2, -0.15) is 0 Å². The fraction of sp³-hybridized carbons (Fsp3) is 0.250. The average Bonchev–Trinajstić information content (AvgIpc) is 2.47. The van der Waals surface area contributed by atoms with Crippen molar-refractivity contribution in [2.24, 2.45) is 0 Å². The van der Waals surface area contributed by atoms with Gasteiger partial charge in [-0.15, -0.1) is 11.8 Å². The zero-order chi connectivity index (χ0) is 15.4. The van der Waals surface area contributed by atoms with Gasteiger partial charge in [-0.1, -0.05) is 24.3 Å². The van der Waals surface area contributed by atoms with Crippen molar-refractivity contribution in [2.75, 3.05) is 11.6 Å². The third-order valence-electron chi connectivity index (χ3n) is 3.41. The van der Waals surface area contributed by atoms with E-state index in [-0.39, 0.29) is 16.7 Å². The van der Waals surface area contributed by atoms with Gasteiger partial charge in [0.25, 0.3) is 5.69 Å². The number of thioether (sulfide) groups is 1. The van der Waals surface area contributed by atoms with Gasteiger partial charge in [0.15, 0.2) is 0 Å². The van der Waals surface area contributed by atoms with Gasteiger partial charge in [-0.05, 0) is 37.8 Å². The maximum atomic E-state index is 11.0. The molecule has 2 rings (SSSR count). The second-order valence-electron chi connectivity index (χ2n) is 4.87. The SMILES string of the molecule is CSc1ccccc1NC(C)c1ccc(C)c([N+](=O)[O-])c1. The van der Waals surface area contributed by atoms with Gasteiger partial charge in [0.2, 0.25) is 0 Å². The first kappa shape index (κ1) is 15.4. The van der Waals surface area contributed by atoms with E-state index in [0.29, 0.717) is 5.56 Å². The molecule has 2 aromatic rings. The number of aryl methyl sites for hydroxylation is 1. The number of nitrogens with one attached hydrogen (secondary N) is 1. The molecule has 1 N–H and O–H groups in total. The summed E-state index contributed by atoms with van der Waals surface area (Å²) in [5, 5.41) is 14.5. The minimum Gasteiger partial charge on any atom is -0.378 e. The number of benzene rings is 2. The zero-order valence-corrected chi connectivity index (χ0v) is 13.1. The Morgan fingerprint density at radius 1 is 1.24 bits per heavy atom. The number of hydrogen-bond donors (Lipinski definition) is 1. The second-order valence-corrected chi connectivity index (χ2v) is 5.72. The average molecular weight is 302 g/mol. The first-order valence-corrected chi connectivity index (χ1v) is 7.90. The molecule has 0 radical (unpaired) electrons. The summed E-state index contributed by atoms with van der Waals surface area (Å²) in [6, 6.07) is 13.4. The molecule has 5 heteroatoms. The Labute approximate surface area is 128 Å². The lowest BCUT2D eigenvalue weighted by Gasteiger charge is -2.18. The van der Waals surface area contributed by atoms with Crippen molar-refractivity contribution in [1.29, 1.82) is 0 Å². The fourth-order valence-corrected chi connectivity index (χ4v) is 2.73. The Kier molecular flexibility index (Phi) is 4.85. The van der Waals surface area contributed by atoms with Crippen LogP contribution < -0.4 is 5.32 Å². The maximum Gasteiger partial charge on any atom is 0.272 e. The lowest BCUT2D eigenvalue weighted by molar-refractivity contribution is -0.385. The van der Waals surface area contributed by atoms with Gasteiger partial charge < -0.3 is 5.32 Å². The molecule has 21 heavy (non-hydrogen) atoms. The molecule has 0 aliphatic carbocycles. The second kappa shape index (κ2) is 6.63. The number of rotatable bonds is 5. The summed E-state index contributed by atoms with van der Waals surface area (Å²) >= 11 is 1.67. The van der Waals surface area contributed by atoms with E-state index >= 15 is 0 Å². The van der Waals surface area contributed by atoms with Crippen LogP contribution in [-0.4, -0.2) is 11.2 Å². The monoisotopic (exact) mass is 302 g/mol. The van der Waals surface area contributed by atoms with Crippen molar-refractivity contribution in [3.8, 4) is 0 Å². The molecule has 0 saturated heterocycles. The number of anilines is 1. The van der Waals surface area contributed by atoms with Crippen molar-refractivity contribution in [3.05, 3.63) is 63.7 Å². The molecule has 2 aromatic carbocycles. The van der Waals surface area contributed by atoms with E-state index in [1.54, 1.807) is 30.8 Å². The van der Waals surface area contributed by atoms with Crippen LogP contribution in [0.25, 0.3) is 0 Å². The van der Waals surface area contributed by atoms with Gasteiger partial charge in [0.1, 0.15) is 0 Å². The minimum atomic E-state index is -0.332. The van der Waals surface area contributed by atoms with Crippen LogP contribution in [0.3, 0.4) is 0 Å². The summed E-state index contributed by atoms with van der Waals surface area (Å²) in [7, 11) is 0. The summed E-state index contributed by atoms with van der Waals surface area (Å²) < 4.78 is 0. The van der Waals surface area contributed by atoms with Crippen LogP contribution in [0.1, 0.15) is 24.1 Å². The summed E-state index contributed by atoms with van der Waals surface area (Å²) in [5.74, 6) is 0.